The number of fused-ring (bicyclic) bond motifs is 3. The predicted octanol–water partition coefficient (Wildman–Crippen LogP) is 2.98. The number of aromatic nitrogens is 3. The third kappa shape index (κ3) is 2.63. The monoisotopic (exact) mass is 351 g/mol. The number of aryl methyl sites for hydroxylation is 1. The van der Waals surface area contributed by atoms with E-state index < -0.39 is 11.8 Å². The van der Waals surface area contributed by atoms with Crippen LogP contribution in [-0.2, 0) is 11.3 Å². The van der Waals surface area contributed by atoms with E-state index in [4.69, 9.17) is 4.74 Å². The second kappa shape index (κ2) is 6.11. The molecule has 4 rings (SSSR count). The van der Waals surface area contributed by atoms with Gasteiger partial charge in [0, 0.05) is 5.56 Å². The highest BCUT2D eigenvalue weighted by atomic mass is 19.1. The number of carbonyl (C=O) groups is 1. The molecule has 0 amide bonds. The molecule has 0 aliphatic carbocycles. The number of aromatic amines is 1. The van der Waals surface area contributed by atoms with E-state index in [1.54, 1.807) is 36.4 Å². The van der Waals surface area contributed by atoms with Gasteiger partial charge >= 0.3 is 5.97 Å². The number of carbonyl (C=O) groups excluding carboxylic acids is 1. The molecule has 0 aliphatic rings. The first-order valence-corrected chi connectivity index (χ1v) is 7.95. The van der Waals surface area contributed by atoms with Gasteiger partial charge in [0.2, 0.25) is 0 Å². The molecular formula is C19H14FN3O3. The van der Waals surface area contributed by atoms with Gasteiger partial charge in [0.1, 0.15) is 18.0 Å². The molecule has 7 heteroatoms. The summed E-state index contributed by atoms with van der Waals surface area (Å²) in [6.45, 7) is 1.62. The molecule has 2 heterocycles. The summed E-state index contributed by atoms with van der Waals surface area (Å²) in [5, 5.41) is 4.63. The number of hydrogen-bond donors (Lipinski definition) is 1. The molecule has 26 heavy (non-hydrogen) atoms. The van der Waals surface area contributed by atoms with Gasteiger partial charge in [-0.3, -0.25) is 4.79 Å². The van der Waals surface area contributed by atoms with Crippen molar-refractivity contribution in [3.8, 4) is 0 Å². The van der Waals surface area contributed by atoms with Crippen molar-refractivity contribution in [2.75, 3.05) is 0 Å². The molecule has 130 valence electrons. The van der Waals surface area contributed by atoms with E-state index in [1.165, 1.54) is 16.8 Å². The molecule has 0 atom stereocenters. The van der Waals surface area contributed by atoms with Gasteiger partial charge < -0.3 is 9.72 Å². The number of H-pyrrole nitrogens is 1. The van der Waals surface area contributed by atoms with Crippen LogP contribution in [-0.4, -0.2) is 20.6 Å². The van der Waals surface area contributed by atoms with Gasteiger partial charge in [-0.15, -0.1) is 0 Å². The lowest BCUT2D eigenvalue weighted by molar-refractivity contribution is 0.0471. The van der Waals surface area contributed by atoms with Crippen molar-refractivity contribution in [2.24, 2.45) is 0 Å². The number of hydrogen-bond acceptors (Lipinski definition) is 4. The average molecular weight is 351 g/mol. The molecule has 2 aromatic carbocycles. The molecule has 2 aromatic heterocycles. The third-order valence-corrected chi connectivity index (χ3v) is 4.16. The fraction of sp³-hybridized carbons (Fsp3) is 0.105. The maximum absolute atomic E-state index is 13.8. The maximum Gasteiger partial charge on any atom is 0.343 e. The highest BCUT2D eigenvalue weighted by Gasteiger charge is 2.18. The molecule has 0 bridgehead atoms. The number of ether oxygens (including phenoxy) is 1. The number of rotatable bonds is 3. The van der Waals surface area contributed by atoms with Crippen molar-refractivity contribution in [2.45, 2.75) is 13.5 Å². The Kier molecular flexibility index (Phi) is 3.76. The lowest BCUT2D eigenvalue weighted by Gasteiger charge is -2.06. The van der Waals surface area contributed by atoms with Crippen LogP contribution in [0, 0.1) is 12.7 Å². The van der Waals surface area contributed by atoms with Gasteiger partial charge in [-0.1, -0.05) is 23.8 Å². The molecular weight excluding hydrogens is 337 g/mol. The maximum atomic E-state index is 13.8. The van der Waals surface area contributed by atoms with Crippen LogP contribution in [0.25, 0.3) is 16.6 Å². The van der Waals surface area contributed by atoms with Crippen LogP contribution < -0.4 is 5.56 Å². The largest absolute Gasteiger partial charge is 0.457 e. The average Bonchev–Trinajstić information content (AvgIpc) is 3.06. The summed E-state index contributed by atoms with van der Waals surface area (Å²) in [4.78, 5) is 27.3. The Balaban J connectivity index is 1.69. The topological polar surface area (TPSA) is 76.5 Å². The van der Waals surface area contributed by atoms with E-state index in [0.717, 1.165) is 5.56 Å². The second-order valence-electron chi connectivity index (χ2n) is 5.96. The van der Waals surface area contributed by atoms with E-state index in [2.05, 4.69) is 10.1 Å². The highest BCUT2D eigenvalue weighted by Crippen LogP contribution is 2.16. The first-order valence-electron chi connectivity index (χ1n) is 7.95. The highest BCUT2D eigenvalue weighted by molar-refractivity contribution is 5.97. The number of para-hydroxylation sites is 1. The molecule has 4 aromatic rings. The Bertz CT molecular complexity index is 1210. The minimum Gasteiger partial charge on any atom is -0.457 e. The Morgan fingerprint density at radius 2 is 2.08 bits per heavy atom. The summed E-state index contributed by atoms with van der Waals surface area (Å²) in [5.41, 5.74) is 1.75. The van der Waals surface area contributed by atoms with Crippen LogP contribution in [0.15, 0.2) is 53.5 Å². The third-order valence-electron chi connectivity index (χ3n) is 4.16. The van der Waals surface area contributed by atoms with Crippen molar-refractivity contribution in [1.29, 1.82) is 0 Å². The molecule has 0 saturated heterocycles. The van der Waals surface area contributed by atoms with E-state index >= 15 is 0 Å². The van der Waals surface area contributed by atoms with Crippen molar-refractivity contribution in [3.05, 3.63) is 81.5 Å². The minimum absolute atomic E-state index is 0.112. The summed E-state index contributed by atoms with van der Waals surface area (Å²) in [7, 11) is 0. The number of esters is 1. The first kappa shape index (κ1) is 16.0. The van der Waals surface area contributed by atoms with Crippen LogP contribution in [0.1, 0.15) is 21.5 Å². The van der Waals surface area contributed by atoms with Gasteiger partial charge in [0.05, 0.1) is 17.1 Å². The van der Waals surface area contributed by atoms with Crippen molar-refractivity contribution in [1.82, 2.24) is 14.6 Å². The van der Waals surface area contributed by atoms with E-state index in [0.29, 0.717) is 10.9 Å². The van der Waals surface area contributed by atoms with Crippen LogP contribution >= 0.6 is 0 Å². The smallest absolute Gasteiger partial charge is 0.343 e. The second-order valence-corrected chi connectivity index (χ2v) is 5.96. The zero-order valence-electron chi connectivity index (χ0n) is 13.8. The zero-order chi connectivity index (χ0) is 18.3. The number of nitrogens with zero attached hydrogens (tertiary/aromatic N) is 2. The van der Waals surface area contributed by atoms with Gasteiger partial charge in [0.25, 0.3) is 5.56 Å². The lowest BCUT2D eigenvalue weighted by Crippen LogP contribution is -2.12. The van der Waals surface area contributed by atoms with Crippen LogP contribution in [0.3, 0.4) is 0 Å². The lowest BCUT2D eigenvalue weighted by atomic mass is 10.1. The van der Waals surface area contributed by atoms with Crippen LogP contribution in [0.2, 0.25) is 0 Å². The van der Waals surface area contributed by atoms with Gasteiger partial charge in [-0.25, -0.2) is 13.7 Å². The zero-order valence-corrected chi connectivity index (χ0v) is 13.8. The Morgan fingerprint density at radius 3 is 2.92 bits per heavy atom. The Labute approximate surface area is 146 Å². The molecule has 6 nitrogen and oxygen atoms in total. The fourth-order valence-electron chi connectivity index (χ4n) is 2.86. The molecule has 0 saturated carbocycles. The van der Waals surface area contributed by atoms with Crippen LogP contribution in [0.5, 0.6) is 0 Å². The van der Waals surface area contributed by atoms with Gasteiger partial charge in [-0.2, -0.15) is 5.10 Å². The van der Waals surface area contributed by atoms with Crippen molar-refractivity contribution >= 4 is 22.5 Å². The predicted molar refractivity (Wildman–Crippen MR) is 93.6 cm³/mol. The molecule has 0 spiro atoms. The van der Waals surface area contributed by atoms with E-state index in [1.807, 2.05) is 6.92 Å². The van der Waals surface area contributed by atoms with Crippen molar-refractivity contribution in [3.63, 3.8) is 0 Å². The minimum atomic E-state index is -0.688. The van der Waals surface area contributed by atoms with Crippen molar-refractivity contribution < 1.29 is 13.9 Å². The quantitative estimate of drug-likeness (QED) is 0.576. The molecule has 1 N–H and O–H groups in total. The van der Waals surface area contributed by atoms with E-state index in [9.17, 15) is 14.0 Å². The normalized spacial score (nSPS) is 11.2. The summed E-state index contributed by atoms with van der Waals surface area (Å²) >= 11 is 0. The number of halogens is 1. The summed E-state index contributed by atoms with van der Waals surface area (Å²) < 4.78 is 20.5. The molecule has 0 radical (unpaired) electrons. The molecule has 0 fully saturated rings. The Hall–Kier alpha value is -3.48. The Morgan fingerprint density at radius 1 is 1.27 bits per heavy atom. The fourth-order valence-corrected chi connectivity index (χ4v) is 2.86. The summed E-state index contributed by atoms with van der Waals surface area (Å²) in [6, 6.07) is 11.5. The van der Waals surface area contributed by atoms with E-state index in [-0.39, 0.29) is 28.9 Å². The standard InChI is InChI=1S/C19H14FN3O3/c1-11-6-7-15(20)12(8-11)10-26-19(25)14-9-21-23-16-5-3-2-4-13(16)18(24)22-17(14)23/h2-9H,10H2,1H3,(H,22,24). The number of benzene rings is 2. The summed E-state index contributed by atoms with van der Waals surface area (Å²) in [5.74, 6) is -1.13. The first-order chi connectivity index (χ1) is 12.5. The summed E-state index contributed by atoms with van der Waals surface area (Å²) in [6.07, 6.45) is 1.33. The molecule has 0 unspecified atom stereocenters. The van der Waals surface area contributed by atoms with Crippen LogP contribution in [0.4, 0.5) is 4.39 Å². The molecule has 0 aliphatic heterocycles. The number of nitrogens with one attached hydrogen (secondary N) is 1. The SMILES string of the molecule is Cc1ccc(F)c(COC(=O)c2cnn3c2[nH]c(=O)c2ccccc23)c1. The van der Waals surface area contributed by atoms with Gasteiger partial charge in [0.15, 0.2) is 5.65 Å². The van der Waals surface area contributed by atoms with Gasteiger partial charge in [-0.05, 0) is 31.2 Å².